The van der Waals surface area contributed by atoms with Crippen LogP contribution in [0.25, 0.3) is 22.1 Å². The third-order valence-corrected chi connectivity index (χ3v) is 3.48. The van der Waals surface area contributed by atoms with E-state index in [1.807, 2.05) is 19.9 Å². The van der Waals surface area contributed by atoms with Gasteiger partial charge in [0.25, 0.3) is 5.69 Å². The number of nitro groups is 1. The molecule has 1 heterocycles. The van der Waals surface area contributed by atoms with Crippen LogP contribution < -0.4 is 10.4 Å². The van der Waals surface area contributed by atoms with E-state index in [0.29, 0.717) is 22.5 Å². The highest BCUT2D eigenvalue weighted by molar-refractivity contribution is 5.93. The molecule has 0 aliphatic carbocycles. The van der Waals surface area contributed by atoms with E-state index in [2.05, 4.69) is 0 Å². The summed E-state index contributed by atoms with van der Waals surface area (Å²) in [7, 11) is 0. The van der Waals surface area contributed by atoms with Gasteiger partial charge in [0.1, 0.15) is 11.3 Å². The predicted molar refractivity (Wildman–Crippen MR) is 90.3 cm³/mol. The first-order valence-electron chi connectivity index (χ1n) is 7.43. The number of hydrogen-bond donors (Lipinski definition) is 0. The fraction of sp³-hybridized carbons (Fsp3) is 0.167. The van der Waals surface area contributed by atoms with Crippen molar-refractivity contribution in [3.8, 4) is 16.9 Å². The third-order valence-electron chi connectivity index (χ3n) is 3.48. The van der Waals surface area contributed by atoms with E-state index in [0.717, 1.165) is 5.39 Å². The molecule has 0 unspecified atom stereocenters. The van der Waals surface area contributed by atoms with E-state index < -0.39 is 10.5 Å². The van der Waals surface area contributed by atoms with Crippen molar-refractivity contribution >= 4 is 16.7 Å². The summed E-state index contributed by atoms with van der Waals surface area (Å²) in [6.45, 7) is 3.82. The van der Waals surface area contributed by atoms with E-state index in [-0.39, 0.29) is 11.8 Å². The van der Waals surface area contributed by atoms with Crippen molar-refractivity contribution in [2.45, 2.75) is 20.0 Å². The molecule has 6 heteroatoms. The number of benzene rings is 2. The summed E-state index contributed by atoms with van der Waals surface area (Å²) in [4.78, 5) is 22.2. The van der Waals surface area contributed by atoms with Gasteiger partial charge in [-0.15, -0.1) is 0 Å². The first-order chi connectivity index (χ1) is 11.4. The summed E-state index contributed by atoms with van der Waals surface area (Å²) in [5.41, 5.74) is 1.29. The predicted octanol–water partition coefficient (Wildman–Crippen LogP) is 4.16. The molecule has 0 saturated heterocycles. The van der Waals surface area contributed by atoms with Crippen molar-refractivity contribution in [1.29, 1.82) is 0 Å². The van der Waals surface area contributed by atoms with Gasteiger partial charge in [-0.2, -0.15) is 0 Å². The van der Waals surface area contributed by atoms with Crippen LogP contribution in [0, 0.1) is 10.1 Å². The first kappa shape index (κ1) is 15.7. The smallest absolute Gasteiger partial charge is 0.336 e. The van der Waals surface area contributed by atoms with Crippen molar-refractivity contribution in [2.24, 2.45) is 0 Å². The Labute approximate surface area is 137 Å². The van der Waals surface area contributed by atoms with Crippen LogP contribution in [0.3, 0.4) is 0 Å². The number of ether oxygens (including phenoxy) is 1. The van der Waals surface area contributed by atoms with Gasteiger partial charge in [-0.25, -0.2) is 4.79 Å². The summed E-state index contributed by atoms with van der Waals surface area (Å²) in [6.07, 6.45) is 0.00651. The lowest BCUT2D eigenvalue weighted by Gasteiger charge is -2.11. The molecule has 6 nitrogen and oxygen atoms in total. The molecule has 24 heavy (non-hydrogen) atoms. The molecule has 0 amide bonds. The lowest BCUT2D eigenvalue weighted by Crippen LogP contribution is -2.05. The van der Waals surface area contributed by atoms with Gasteiger partial charge in [0, 0.05) is 29.7 Å². The molecule has 0 spiro atoms. The average Bonchev–Trinajstić information content (AvgIpc) is 2.53. The van der Waals surface area contributed by atoms with E-state index in [1.54, 1.807) is 24.3 Å². The van der Waals surface area contributed by atoms with E-state index >= 15 is 0 Å². The fourth-order valence-electron chi connectivity index (χ4n) is 2.49. The molecule has 3 rings (SSSR count). The highest BCUT2D eigenvalue weighted by Crippen LogP contribution is 2.30. The Bertz CT molecular complexity index is 957. The summed E-state index contributed by atoms with van der Waals surface area (Å²) < 4.78 is 10.9. The van der Waals surface area contributed by atoms with Crippen LogP contribution in [0.4, 0.5) is 5.69 Å². The zero-order chi connectivity index (χ0) is 17.3. The number of rotatable bonds is 4. The van der Waals surface area contributed by atoms with E-state index in [4.69, 9.17) is 9.15 Å². The number of fused-ring (bicyclic) bond motifs is 1. The van der Waals surface area contributed by atoms with E-state index in [9.17, 15) is 14.9 Å². The SMILES string of the molecule is CC(C)Oc1ccc2c(-c3ccc([N+](=O)[O-])cc3)cc(=O)oc2c1. The number of nitro benzene ring substituents is 1. The Hall–Kier alpha value is -3.15. The maximum Gasteiger partial charge on any atom is 0.336 e. The summed E-state index contributed by atoms with van der Waals surface area (Å²) >= 11 is 0. The maximum atomic E-state index is 11.9. The Morgan fingerprint density at radius 2 is 1.79 bits per heavy atom. The second-order valence-corrected chi connectivity index (χ2v) is 5.61. The van der Waals surface area contributed by atoms with Crippen LogP contribution in [0.5, 0.6) is 5.75 Å². The minimum Gasteiger partial charge on any atom is -0.491 e. The van der Waals surface area contributed by atoms with Crippen LogP contribution >= 0.6 is 0 Å². The quantitative estimate of drug-likeness (QED) is 0.409. The number of non-ortho nitro benzene ring substituents is 1. The Balaban J connectivity index is 2.13. The topological polar surface area (TPSA) is 82.6 Å². The lowest BCUT2D eigenvalue weighted by atomic mass is 10.0. The molecule has 0 bridgehead atoms. The Kier molecular flexibility index (Phi) is 4.04. The van der Waals surface area contributed by atoms with Crippen molar-refractivity contribution in [3.63, 3.8) is 0 Å². The van der Waals surface area contributed by atoms with Gasteiger partial charge < -0.3 is 9.15 Å². The summed E-state index contributed by atoms with van der Waals surface area (Å²) in [5.74, 6) is 0.612. The molecule has 0 aliphatic rings. The van der Waals surface area contributed by atoms with Crippen LogP contribution in [-0.4, -0.2) is 11.0 Å². The molecular formula is C18H15NO5. The van der Waals surface area contributed by atoms with Gasteiger partial charge in [-0.3, -0.25) is 10.1 Å². The second-order valence-electron chi connectivity index (χ2n) is 5.61. The van der Waals surface area contributed by atoms with Gasteiger partial charge in [0.05, 0.1) is 11.0 Å². The van der Waals surface area contributed by atoms with Crippen molar-refractivity contribution < 1.29 is 14.1 Å². The van der Waals surface area contributed by atoms with Gasteiger partial charge in [0.15, 0.2) is 0 Å². The van der Waals surface area contributed by atoms with Gasteiger partial charge in [-0.1, -0.05) is 0 Å². The molecule has 3 aromatic rings. The Morgan fingerprint density at radius 3 is 2.42 bits per heavy atom. The molecule has 0 aliphatic heterocycles. The van der Waals surface area contributed by atoms with Gasteiger partial charge in [0.2, 0.25) is 0 Å². The van der Waals surface area contributed by atoms with Crippen LogP contribution in [0.1, 0.15) is 13.8 Å². The highest BCUT2D eigenvalue weighted by atomic mass is 16.6. The molecule has 122 valence electrons. The maximum absolute atomic E-state index is 11.9. The molecule has 0 fully saturated rings. The fourth-order valence-corrected chi connectivity index (χ4v) is 2.49. The van der Waals surface area contributed by atoms with E-state index in [1.165, 1.54) is 18.2 Å². The number of nitrogens with zero attached hydrogens (tertiary/aromatic N) is 1. The zero-order valence-corrected chi connectivity index (χ0v) is 13.2. The minimum absolute atomic E-state index is 0.00126. The summed E-state index contributed by atoms with van der Waals surface area (Å²) in [5, 5.41) is 11.5. The van der Waals surface area contributed by atoms with Crippen LogP contribution in [-0.2, 0) is 0 Å². The molecule has 0 N–H and O–H groups in total. The number of hydrogen-bond acceptors (Lipinski definition) is 5. The lowest BCUT2D eigenvalue weighted by molar-refractivity contribution is -0.384. The van der Waals surface area contributed by atoms with Crippen LogP contribution in [0.15, 0.2) is 57.7 Å². The standard InChI is InChI=1S/C18H15NO5/c1-11(2)23-14-7-8-15-16(10-18(20)24-17(15)9-14)12-3-5-13(6-4-12)19(21)22/h3-11H,1-2H3. The first-order valence-corrected chi connectivity index (χ1v) is 7.43. The van der Waals surface area contributed by atoms with Gasteiger partial charge >= 0.3 is 5.63 Å². The van der Waals surface area contributed by atoms with Crippen LogP contribution in [0.2, 0.25) is 0 Å². The second kappa shape index (κ2) is 6.16. The van der Waals surface area contributed by atoms with Gasteiger partial charge in [-0.05, 0) is 49.2 Å². The molecule has 0 atom stereocenters. The van der Waals surface area contributed by atoms with Crippen molar-refractivity contribution in [3.05, 3.63) is 69.1 Å². The molecule has 1 aromatic heterocycles. The minimum atomic E-state index is -0.488. The normalized spacial score (nSPS) is 11.0. The zero-order valence-electron chi connectivity index (χ0n) is 13.2. The largest absolute Gasteiger partial charge is 0.491 e. The van der Waals surface area contributed by atoms with Crippen molar-refractivity contribution in [1.82, 2.24) is 0 Å². The highest BCUT2D eigenvalue weighted by Gasteiger charge is 2.11. The molecule has 2 aromatic carbocycles. The monoisotopic (exact) mass is 325 g/mol. The van der Waals surface area contributed by atoms with Crippen molar-refractivity contribution in [2.75, 3.05) is 0 Å². The third kappa shape index (κ3) is 3.12. The molecular weight excluding hydrogens is 310 g/mol. The Morgan fingerprint density at radius 1 is 1.08 bits per heavy atom. The average molecular weight is 325 g/mol. The molecule has 0 radical (unpaired) electrons. The summed E-state index contributed by atoms with van der Waals surface area (Å²) in [6, 6.07) is 12.7. The molecule has 0 saturated carbocycles.